The number of nitrogens with one attached hydrogen (secondary N) is 2. The monoisotopic (exact) mass is 418 g/mol. The second-order valence-electron chi connectivity index (χ2n) is 5.82. The molecule has 8 nitrogen and oxygen atoms in total. The molecule has 0 fully saturated rings. The van der Waals surface area contributed by atoms with Gasteiger partial charge in [0.15, 0.2) is 6.61 Å². The number of carbonyl (C=O) groups is 2. The van der Waals surface area contributed by atoms with E-state index >= 15 is 0 Å². The Morgan fingerprint density at radius 2 is 1.83 bits per heavy atom. The molecule has 0 saturated heterocycles. The van der Waals surface area contributed by atoms with Crippen LogP contribution in [0, 0.1) is 0 Å². The van der Waals surface area contributed by atoms with Crippen molar-refractivity contribution in [2.24, 2.45) is 0 Å². The van der Waals surface area contributed by atoms with Gasteiger partial charge in [-0.1, -0.05) is 36.4 Å². The minimum atomic E-state index is -3.73. The molecule has 0 saturated carbocycles. The molecule has 2 N–H and O–H groups in total. The average Bonchev–Trinajstić information content (AvgIpc) is 2.75. The lowest BCUT2D eigenvalue weighted by molar-refractivity contribution is -0.143. The van der Waals surface area contributed by atoms with Crippen molar-refractivity contribution in [1.82, 2.24) is 10.0 Å². The maximum Gasteiger partial charge on any atom is 0.331 e. The molecule has 0 atom stereocenters. The molecule has 0 aliphatic carbocycles. The summed E-state index contributed by atoms with van der Waals surface area (Å²) in [4.78, 5) is 23.5. The molecule has 2 rings (SSSR count). The maximum atomic E-state index is 12.1. The number of ether oxygens (including phenoxy) is 2. The van der Waals surface area contributed by atoms with Gasteiger partial charge in [0.05, 0.1) is 7.11 Å². The first-order valence-corrected chi connectivity index (χ1v) is 10.1. The summed E-state index contributed by atoms with van der Waals surface area (Å²) in [5.41, 5.74) is 1.38. The molecule has 1 amide bonds. The third-order valence-corrected chi connectivity index (χ3v) is 5.27. The largest absolute Gasteiger partial charge is 0.495 e. The second-order valence-corrected chi connectivity index (χ2v) is 7.68. The molecule has 0 spiro atoms. The van der Waals surface area contributed by atoms with Gasteiger partial charge in [0.1, 0.15) is 10.6 Å². The summed E-state index contributed by atoms with van der Waals surface area (Å²) >= 11 is 0. The molecule has 154 valence electrons. The van der Waals surface area contributed by atoms with Crippen molar-refractivity contribution < 1.29 is 27.5 Å². The van der Waals surface area contributed by atoms with Crippen molar-refractivity contribution in [3.63, 3.8) is 0 Å². The van der Waals surface area contributed by atoms with E-state index in [1.165, 1.54) is 32.4 Å². The standard InChI is InChI=1S/C20H22N2O6S/c1-21-29(25,26)18-12-15(8-10-17(18)27-2)9-11-20(24)28-14-19(23)22-13-16-6-4-3-5-7-16/h3-12,21H,13-14H2,1-2H3,(H,22,23)/b11-9+. The summed E-state index contributed by atoms with van der Waals surface area (Å²) in [6.45, 7) is -0.0837. The highest BCUT2D eigenvalue weighted by Gasteiger charge is 2.17. The van der Waals surface area contributed by atoms with E-state index in [1.54, 1.807) is 6.07 Å². The normalized spacial score (nSPS) is 11.2. The van der Waals surface area contributed by atoms with E-state index in [9.17, 15) is 18.0 Å². The van der Waals surface area contributed by atoms with Crippen molar-refractivity contribution in [2.75, 3.05) is 20.8 Å². The van der Waals surface area contributed by atoms with Crippen LogP contribution in [0.1, 0.15) is 11.1 Å². The van der Waals surface area contributed by atoms with Crippen molar-refractivity contribution in [3.8, 4) is 5.75 Å². The summed E-state index contributed by atoms with van der Waals surface area (Å²) in [7, 11) is -1.08. The number of methoxy groups -OCH3 is 1. The SMILES string of the molecule is CNS(=O)(=O)c1cc(/C=C/C(=O)OCC(=O)NCc2ccccc2)ccc1OC. The predicted molar refractivity (Wildman–Crippen MR) is 108 cm³/mol. The van der Waals surface area contributed by atoms with Crippen LogP contribution in [-0.4, -0.2) is 41.1 Å². The number of esters is 1. The van der Waals surface area contributed by atoms with E-state index < -0.39 is 28.5 Å². The quantitative estimate of drug-likeness (QED) is 0.471. The van der Waals surface area contributed by atoms with Gasteiger partial charge in [-0.2, -0.15) is 0 Å². The Kier molecular flexibility index (Phi) is 7.93. The minimum Gasteiger partial charge on any atom is -0.495 e. The van der Waals surface area contributed by atoms with Gasteiger partial charge in [-0.15, -0.1) is 0 Å². The summed E-state index contributed by atoms with van der Waals surface area (Å²) in [6.07, 6.45) is 2.50. The highest BCUT2D eigenvalue weighted by Crippen LogP contribution is 2.25. The second kappa shape index (κ2) is 10.4. The van der Waals surface area contributed by atoms with Crippen molar-refractivity contribution in [2.45, 2.75) is 11.4 Å². The molecule has 0 heterocycles. The molecule has 2 aromatic carbocycles. The average molecular weight is 418 g/mol. The molecule has 0 aromatic heterocycles. The smallest absolute Gasteiger partial charge is 0.331 e. The van der Waals surface area contributed by atoms with Gasteiger partial charge in [-0.05, 0) is 36.4 Å². The first-order chi connectivity index (χ1) is 13.9. The number of rotatable bonds is 9. The fourth-order valence-corrected chi connectivity index (χ4v) is 3.24. The highest BCUT2D eigenvalue weighted by atomic mass is 32.2. The minimum absolute atomic E-state index is 0.0571. The van der Waals surface area contributed by atoms with Crippen LogP contribution >= 0.6 is 0 Å². The first-order valence-electron chi connectivity index (χ1n) is 8.63. The first kappa shape index (κ1) is 22.1. The van der Waals surface area contributed by atoms with Gasteiger partial charge < -0.3 is 14.8 Å². The number of sulfonamides is 1. The van der Waals surface area contributed by atoms with E-state index in [4.69, 9.17) is 9.47 Å². The van der Waals surface area contributed by atoms with Crippen LogP contribution in [-0.2, 0) is 30.9 Å². The molecule has 29 heavy (non-hydrogen) atoms. The summed E-state index contributed by atoms with van der Waals surface area (Å²) in [5, 5.41) is 2.64. The van der Waals surface area contributed by atoms with E-state index in [0.29, 0.717) is 12.1 Å². The Hall–Kier alpha value is -3.17. The molecule has 0 bridgehead atoms. The molecule has 9 heteroatoms. The lowest BCUT2D eigenvalue weighted by Crippen LogP contribution is -2.28. The Morgan fingerprint density at radius 3 is 2.48 bits per heavy atom. The summed E-state index contributed by atoms with van der Waals surface area (Å²) < 4.78 is 36.3. The lowest BCUT2D eigenvalue weighted by atomic mass is 10.2. The number of hydrogen-bond donors (Lipinski definition) is 2. The van der Waals surface area contributed by atoms with Gasteiger partial charge in [0.25, 0.3) is 5.91 Å². The van der Waals surface area contributed by atoms with Crippen LogP contribution in [0.5, 0.6) is 5.75 Å². The molecule has 2 aromatic rings. The number of amides is 1. The fraction of sp³-hybridized carbons (Fsp3) is 0.200. The van der Waals surface area contributed by atoms with E-state index in [2.05, 4.69) is 10.0 Å². The Labute approximate surface area is 169 Å². The summed E-state index contributed by atoms with van der Waals surface area (Å²) in [6, 6.07) is 13.8. The van der Waals surface area contributed by atoms with E-state index in [-0.39, 0.29) is 10.6 Å². The molecular weight excluding hydrogens is 396 g/mol. The fourth-order valence-electron chi connectivity index (χ4n) is 2.31. The number of carbonyl (C=O) groups excluding carboxylic acids is 2. The zero-order valence-electron chi connectivity index (χ0n) is 16.0. The Balaban J connectivity index is 1.91. The van der Waals surface area contributed by atoms with Gasteiger partial charge in [0, 0.05) is 12.6 Å². The summed E-state index contributed by atoms with van der Waals surface area (Å²) in [5.74, 6) is -0.981. The molecule has 0 aliphatic heterocycles. The Morgan fingerprint density at radius 1 is 1.10 bits per heavy atom. The van der Waals surface area contributed by atoms with Gasteiger partial charge in [-0.25, -0.2) is 17.9 Å². The maximum absolute atomic E-state index is 12.1. The van der Waals surface area contributed by atoms with Gasteiger partial charge >= 0.3 is 5.97 Å². The zero-order chi connectivity index (χ0) is 21.3. The third kappa shape index (κ3) is 6.74. The number of hydrogen-bond acceptors (Lipinski definition) is 6. The molecular formula is C20H22N2O6S. The molecule has 0 unspecified atom stereocenters. The van der Waals surface area contributed by atoms with Crippen LogP contribution in [0.2, 0.25) is 0 Å². The lowest BCUT2D eigenvalue weighted by Gasteiger charge is -2.09. The Bertz CT molecular complexity index is 987. The van der Waals surface area contributed by atoms with Crippen LogP contribution in [0.3, 0.4) is 0 Å². The highest BCUT2D eigenvalue weighted by molar-refractivity contribution is 7.89. The van der Waals surface area contributed by atoms with Crippen molar-refractivity contribution in [3.05, 3.63) is 65.7 Å². The third-order valence-electron chi connectivity index (χ3n) is 3.84. The molecule has 0 aliphatic rings. The van der Waals surface area contributed by atoms with Gasteiger partial charge in [0.2, 0.25) is 10.0 Å². The van der Waals surface area contributed by atoms with Crippen LogP contribution in [0.25, 0.3) is 6.08 Å². The zero-order valence-corrected chi connectivity index (χ0v) is 16.9. The number of benzene rings is 2. The van der Waals surface area contributed by atoms with E-state index in [0.717, 1.165) is 11.6 Å². The van der Waals surface area contributed by atoms with Crippen molar-refractivity contribution in [1.29, 1.82) is 0 Å². The van der Waals surface area contributed by atoms with Gasteiger partial charge in [-0.3, -0.25) is 4.79 Å². The van der Waals surface area contributed by atoms with Crippen LogP contribution in [0.4, 0.5) is 0 Å². The topological polar surface area (TPSA) is 111 Å². The van der Waals surface area contributed by atoms with Crippen LogP contribution < -0.4 is 14.8 Å². The molecule has 0 radical (unpaired) electrons. The predicted octanol–water partition coefficient (Wildman–Crippen LogP) is 1.48. The van der Waals surface area contributed by atoms with E-state index in [1.807, 2.05) is 30.3 Å². The van der Waals surface area contributed by atoms with Crippen molar-refractivity contribution >= 4 is 28.0 Å². The van der Waals surface area contributed by atoms with Crippen LogP contribution in [0.15, 0.2) is 59.5 Å².